The monoisotopic (exact) mass is 333 g/mol. The van der Waals surface area contributed by atoms with E-state index in [0.29, 0.717) is 10.6 Å². The predicted molar refractivity (Wildman–Crippen MR) is 79.5 cm³/mol. The zero-order chi connectivity index (χ0) is 13.2. The van der Waals surface area contributed by atoms with Gasteiger partial charge in [0, 0.05) is 16.1 Å². The number of nitrogens with one attached hydrogen (secondary N) is 1. The molecule has 0 aliphatic carbocycles. The van der Waals surface area contributed by atoms with Crippen LogP contribution in [0.4, 0.5) is 5.69 Å². The minimum atomic E-state index is -0.167. The number of anilines is 1. The van der Waals surface area contributed by atoms with Gasteiger partial charge in [0.15, 0.2) is 0 Å². The van der Waals surface area contributed by atoms with Crippen molar-refractivity contribution in [1.29, 1.82) is 0 Å². The average Bonchev–Trinajstić information content (AvgIpc) is 2.92. The Labute approximate surface area is 121 Å². The smallest absolute Gasteiger partial charge is 0.267 e. The van der Waals surface area contributed by atoms with E-state index in [0.717, 1.165) is 15.4 Å². The summed E-state index contributed by atoms with van der Waals surface area (Å²) in [6.07, 6.45) is 3.26. The lowest BCUT2D eigenvalue weighted by molar-refractivity contribution is 0.103. The summed E-state index contributed by atoms with van der Waals surface area (Å²) in [5.41, 5.74) is 3.10. The summed E-state index contributed by atoms with van der Waals surface area (Å²) in [6.45, 7) is 0. The van der Waals surface area contributed by atoms with Crippen LogP contribution >= 0.6 is 27.3 Å². The van der Waals surface area contributed by atoms with Crippen molar-refractivity contribution in [3.8, 4) is 0 Å². The Morgan fingerprint density at radius 2 is 2.21 bits per heavy atom. The molecule has 0 atom stereocenters. The maximum atomic E-state index is 12.0. The first-order valence-corrected chi connectivity index (χ1v) is 7.15. The van der Waals surface area contributed by atoms with Crippen LogP contribution in [0.25, 0.3) is 10.9 Å². The lowest BCUT2D eigenvalue weighted by Gasteiger charge is -2.07. The molecule has 0 radical (unpaired) electrons. The molecule has 0 saturated heterocycles. The summed E-state index contributed by atoms with van der Waals surface area (Å²) >= 11 is 4.69. The van der Waals surface area contributed by atoms with E-state index in [4.69, 9.17) is 0 Å². The van der Waals surface area contributed by atoms with Crippen molar-refractivity contribution < 1.29 is 4.79 Å². The number of benzene rings is 1. The van der Waals surface area contributed by atoms with Gasteiger partial charge in [0.2, 0.25) is 0 Å². The Bertz CT molecular complexity index is 743. The minimum absolute atomic E-state index is 0.167. The number of carbonyl (C=O) groups excluding carboxylic acids is 1. The van der Waals surface area contributed by atoms with Crippen LogP contribution < -0.4 is 5.32 Å². The molecule has 0 fully saturated rings. The van der Waals surface area contributed by atoms with E-state index < -0.39 is 0 Å². The standard InChI is InChI=1S/C13H8BrN3OS/c14-9-4-8-2-1-3-10(12(8)16-5-9)17-13(18)11-6-15-7-19-11/h1-7H,(H,17,18). The van der Waals surface area contributed by atoms with Gasteiger partial charge in [0.1, 0.15) is 4.88 Å². The highest BCUT2D eigenvalue weighted by Gasteiger charge is 2.10. The van der Waals surface area contributed by atoms with Crippen molar-refractivity contribution in [2.75, 3.05) is 5.32 Å². The molecule has 0 aliphatic rings. The summed E-state index contributed by atoms with van der Waals surface area (Å²) in [6, 6.07) is 7.64. The first kappa shape index (κ1) is 12.3. The summed E-state index contributed by atoms with van der Waals surface area (Å²) in [4.78, 5) is 20.8. The number of carbonyl (C=O) groups is 1. The number of pyridine rings is 1. The summed E-state index contributed by atoms with van der Waals surface area (Å²) < 4.78 is 0.908. The lowest BCUT2D eigenvalue weighted by Crippen LogP contribution is -2.10. The Morgan fingerprint density at radius 3 is 3.00 bits per heavy atom. The molecular formula is C13H8BrN3OS. The number of amides is 1. The van der Waals surface area contributed by atoms with Gasteiger partial charge in [-0.1, -0.05) is 12.1 Å². The highest BCUT2D eigenvalue weighted by atomic mass is 79.9. The Morgan fingerprint density at radius 1 is 1.32 bits per heavy atom. The Kier molecular flexibility index (Phi) is 3.27. The van der Waals surface area contributed by atoms with Crippen LogP contribution in [-0.4, -0.2) is 15.9 Å². The van der Waals surface area contributed by atoms with Crippen LogP contribution in [0.2, 0.25) is 0 Å². The fourth-order valence-corrected chi connectivity index (χ4v) is 2.61. The molecule has 0 spiro atoms. The van der Waals surface area contributed by atoms with Gasteiger partial charge in [0.05, 0.1) is 22.9 Å². The van der Waals surface area contributed by atoms with Crippen molar-refractivity contribution in [1.82, 2.24) is 9.97 Å². The highest BCUT2D eigenvalue weighted by molar-refractivity contribution is 9.10. The number of nitrogens with zero attached hydrogens (tertiary/aromatic N) is 2. The number of aromatic nitrogens is 2. The normalized spacial score (nSPS) is 10.6. The number of hydrogen-bond acceptors (Lipinski definition) is 4. The molecule has 6 heteroatoms. The average molecular weight is 334 g/mol. The van der Waals surface area contributed by atoms with Crippen LogP contribution in [-0.2, 0) is 0 Å². The van der Waals surface area contributed by atoms with Gasteiger partial charge < -0.3 is 5.32 Å². The molecule has 1 N–H and O–H groups in total. The van der Waals surface area contributed by atoms with Gasteiger partial charge in [-0.2, -0.15) is 0 Å². The predicted octanol–water partition coefficient (Wildman–Crippen LogP) is 3.71. The third-order valence-corrected chi connectivity index (χ3v) is 3.79. The second kappa shape index (κ2) is 5.07. The van der Waals surface area contributed by atoms with Gasteiger partial charge >= 0.3 is 0 Å². The van der Waals surface area contributed by atoms with E-state index >= 15 is 0 Å². The van der Waals surface area contributed by atoms with Crippen LogP contribution in [0.3, 0.4) is 0 Å². The molecular weight excluding hydrogens is 326 g/mol. The molecule has 2 aromatic heterocycles. The summed E-state index contributed by atoms with van der Waals surface area (Å²) in [5, 5.41) is 3.83. The molecule has 0 saturated carbocycles. The van der Waals surface area contributed by atoms with Crippen LogP contribution in [0.15, 0.2) is 46.6 Å². The molecule has 1 aromatic carbocycles. The van der Waals surface area contributed by atoms with Gasteiger partial charge in [-0.15, -0.1) is 11.3 Å². The number of rotatable bonds is 2. The van der Waals surface area contributed by atoms with Crippen molar-refractivity contribution in [3.63, 3.8) is 0 Å². The van der Waals surface area contributed by atoms with E-state index in [9.17, 15) is 4.79 Å². The van der Waals surface area contributed by atoms with E-state index in [2.05, 4.69) is 31.2 Å². The van der Waals surface area contributed by atoms with E-state index in [1.54, 1.807) is 17.9 Å². The fourth-order valence-electron chi connectivity index (χ4n) is 1.75. The number of halogens is 1. The first-order chi connectivity index (χ1) is 9.24. The maximum absolute atomic E-state index is 12.0. The molecule has 1 amide bonds. The van der Waals surface area contributed by atoms with E-state index in [-0.39, 0.29) is 5.91 Å². The molecule has 94 valence electrons. The third kappa shape index (κ3) is 2.50. The summed E-state index contributed by atoms with van der Waals surface area (Å²) in [7, 11) is 0. The SMILES string of the molecule is O=C(Nc1cccc2cc(Br)cnc12)c1cncs1. The number of hydrogen-bond donors (Lipinski definition) is 1. The van der Waals surface area contributed by atoms with Crippen molar-refractivity contribution in [2.24, 2.45) is 0 Å². The molecule has 2 heterocycles. The first-order valence-electron chi connectivity index (χ1n) is 5.48. The zero-order valence-electron chi connectivity index (χ0n) is 9.63. The van der Waals surface area contributed by atoms with Crippen LogP contribution in [0.1, 0.15) is 9.67 Å². The molecule has 0 unspecified atom stereocenters. The van der Waals surface area contributed by atoms with Crippen molar-refractivity contribution >= 4 is 49.8 Å². The number of thiazole rings is 1. The molecule has 19 heavy (non-hydrogen) atoms. The maximum Gasteiger partial charge on any atom is 0.267 e. The molecule has 3 rings (SSSR count). The second-order valence-electron chi connectivity index (χ2n) is 3.85. The number of fused-ring (bicyclic) bond motifs is 1. The third-order valence-electron chi connectivity index (χ3n) is 2.58. The molecule has 3 aromatic rings. The minimum Gasteiger partial charge on any atom is -0.319 e. The van der Waals surface area contributed by atoms with E-state index in [1.165, 1.54) is 11.3 Å². The highest BCUT2D eigenvalue weighted by Crippen LogP contribution is 2.24. The molecule has 0 bridgehead atoms. The second-order valence-corrected chi connectivity index (χ2v) is 5.65. The van der Waals surface area contributed by atoms with Gasteiger partial charge in [-0.05, 0) is 28.1 Å². The van der Waals surface area contributed by atoms with Gasteiger partial charge in [-0.3, -0.25) is 14.8 Å². The summed E-state index contributed by atoms with van der Waals surface area (Å²) in [5.74, 6) is -0.167. The number of para-hydroxylation sites is 1. The van der Waals surface area contributed by atoms with Crippen LogP contribution in [0.5, 0.6) is 0 Å². The van der Waals surface area contributed by atoms with Crippen molar-refractivity contribution in [2.45, 2.75) is 0 Å². The molecule has 0 aliphatic heterocycles. The quantitative estimate of drug-likeness (QED) is 0.777. The Hall–Kier alpha value is -1.79. The van der Waals surface area contributed by atoms with Crippen molar-refractivity contribution in [3.05, 3.63) is 51.5 Å². The largest absolute Gasteiger partial charge is 0.319 e. The van der Waals surface area contributed by atoms with E-state index in [1.807, 2.05) is 24.3 Å². The van der Waals surface area contributed by atoms with Gasteiger partial charge in [-0.25, -0.2) is 0 Å². The fraction of sp³-hybridized carbons (Fsp3) is 0. The molecule has 4 nitrogen and oxygen atoms in total. The lowest BCUT2D eigenvalue weighted by atomic mass is 10.2. The van der Waals surface area contributed by atoms with Crippen LogP contribution in [0, 0.1) is 0 Å². The zero-order valence-corrected chi connectivity index (χ0v) is 12.0. The van der Waals surface area contributed by atoms with Gasteiger partial charge in [0.25, 0.3) is 5.91 Å². The Balaban J connectivity index is 1.99. The topological polar surface area (TPSA) is 54.9 Å².